The van der Waals surface area contributed by atoms with E-state index in [-0.39, 0.29) is 43.4 Å². The van der Waals surface area contributed by atoms with E-state index in [1.807, 2.05) is 13.0 Å². The summed E-state index contributed by atoms with van der Waals surface area (Å²) in [6.07, 6.45) is 1.53. The zero-order valence-corrected chi connectivity index (χ0v) is 20.8. The molecule has 8 nitrogen and oxygen atoms in total. The number of anilines is 1. The molecule has 1 atom stereocenters. The van der Waals surface area contributed by atoms with E-state index in [9.17, 15) is 22.4 Å². The van der Waals surface area contributed by atoms with Crippen molar-refractivity contribution < 1.29 is 27.1 Å². The highest BCUT2D eigenvalue weighted by Gasteiger charge is 2.28. The van der Waals surface area contributed by atoms with E-state index in [0.29, 0.717) is 12.2 Å². The Labute approximate surface area is 200 Å². The van der Waals surface area contributed by atoms with Gasteiger partial charge in [-0.3, -0.25) is 13.9 Å². The highest BCUT2D eigenvalue weighted by Crippen LogP contribution is 2.23. The van der Waals surface area contributed by atoms with Crippen molar-refractivity contribution in [1.82, 2.24) is 10.2 Å². The van der Waals surface area contributed by atoms with Crippen LogP contribution in [0.4, 0.5) is 10.1 Å². The number of carbonyl (C=O) groups excluding carboxylic acids is 2. The molecule has 0 bridgehead atoms. The molecule has 0 aliphatic heterocycles. The number of likely N-dealkylation sites (N-methyl/N-ethyl adjacent to an activating group) is 1. The fourth-order valence-corrected chi connectivity index (χ4v) is 4.66. The Morgan fingerprint density at radius 1 is 1.15 bits per heavy atom. The molecule has 0 fully saturated rings. The Morgan fingerprint density at radius 3 is 2.44 bits per heavy atom. The van der Waals surface area contributed by atoms with Crippen molar-refractivity contribution >= 4 is 27.5 Å². The van der Waals surface area contributed by atoms with Crippen molar-refractivity contribution in [2.24, 2.45) is 0 Å². The molecule has 186 valence electrons. The van der Waals surface area contributed by atoms with Crippen LogP contribution in [0.15, 0.2) is 48.5 Å². The lowest BCUT2D eigenvalue weighted by Crippen LogP contribution is -2.48. The molecule has 0 saturated carbocycles. The lowest BCUT2D eigenvalue weighted by Gasteiger charge is -2.31. The second-order valence-corrected chi connectivity index (χ2v) is 9.71. The van der Waals surface area contributed by atoms with Crippen LogP contribution in [0.25, 0.3) is 0 Å². The van der Waals surface area contributed by atoms with Crippen molar-refractivity contribution in [3.8, 4) is 5.75 Å². The largest absolute Gasteiger partial charge is 0.497 e. The minimum absolute atomic E-state index is 0.0159. The van der Waals surface area contributed by atoms with Crippen LogP contribution in [0, 0.1) is 5.82 Å². The number of amides is 2. The summed E-state index contributed by atoms with van der Waals surface area (Å²) >= 11 is 0. The van der Waals surface area contributed by atoms with Gasteiger partial charge >= 0.3 is 0 Å². The van der Waals surface area contributed by atoms with Gasteiger partial charge in [0, 0.05) is 26.6 Å². The predicted molar refractivity (Wildman–Crippen MR) is 130 cm³/mol. The van der Waals surface area contributed by atoms with Crippen LogP contribution in [0.3, 0.4) is 0 Å². The molecule has 2 aromatic carbocycles. The first-order valence-corrected chi connectivity index (χ1v) is 12.8. The van der Waals surface area contributed by atoms with Gasteiger partial charge in [-0.15, -0.1) is 0 Å². The summed E-state index contributed by atoms with van der Waals surface area (Å²) in [6, 6.07) is 12.1. The number of halogens is 1. The molecule has 0 spiro atoms. The minimum atomic E-state index is -3.76. The number of carbonyl (C=O) groups is 2. The number of hydrogen-bond acceptors (Lipinski definition) is 5. The normalized spacial score (nSPS) is 12.0. The molecular weight excluding hydrogens is 461 g/mol. The summed E-state index contributed by atoms with van der Waals surface area (Å²) < 4.78 is 45.0. The number of sulfonamides is 1. The van der Waals surface area contributed by atoms with Crippen molar-refractivity contribution in [3.63, 3.8) is 0 Å². The van der Waals surface area contributed by atoms with Gasteiger partial charge in [-0.2, -0.15) is 0 Å². The van der Waals surface area contributed by atoms with Gasteiger partial charge in [0.15, 0.2) is 0 Å². The number of ether oxygens (including phenoxy) is 1. The van der Waals surface area contributed by atoms with Crippen LogP contribution < -0.4 is 14.4 Å². The highest BCUT2D eigenvalue weighted by atomic mass is 32.2. The first kappa shape index (κ1) is 27.1. The second kappa shape index (κ2) is 12.4. The summed E-state index contributed by atoms with van der Waals surface area (Å²) in [5.41, 5.74) is 0.724. The Morgan fingerprint density at radius 2 is 1.85 bits per heavy atom. The van der Waals surface area contributed by atoms with E-state index in [1.54, 1.807) is 31.4 Å². The van der Waals surface area contributed by atoms with Gasteiger partial charge in [0.1, 0.15) is 17.6 Å². The third kappa shape index (κ3) is 7.18. The highest BCUT2D eigenvalue weighted by molar-refractivity contribution is 7.92. The maximum atomic E-state index is 14.2. The topological polar surface area (TPSA) is 96.0 Å². The molecule has 0 aliphatic carbocycles. The van der Waals surface area contributed by atoms with Crippen molar-refractivity contribution in [2.75, 3.05) is 31.3 Å². The number of methoxy groups -OCH3 is 1. The van der Waals surface area contributed by atoms with Gasteiger partial charge in [0.2, 0.25) is 21.8 Å². The molecule has 1 unspecified atom stereocenters. The summed E-state index contributed by atoms with van der Waals surface area (Å²) in [5, 5.41) is 2.59. The van der Waals surface area contributed by atoms with Gasteiger partial charge in [0.05, 0.1) is 19.1 Å². The van der Waals surface area contributed by atoms with Gasteiger partial charge in [-0.25, -0.2) is 12.8 Å². The molecule has 1 N–H and O–H groups in total. The molecule has 0 heterocycles. The summed E-state index contributed by atoms with van der Waals surface area (Å²) in [4.78, 5) is 27.2. The SMILES string of the molecule is CCC(C(=O)NC)N(Cc1cccc(OC)c1)C(=O)CCCN(c1ccccc1F)S(C)(=O)=O. The van der Waals surface area contributed by atoms with Crippen LogP contribution in [0.1, 0.15) is 31.7 Å². The summed E-state index contributed by atoms with van der Waals surface area (Å²) in [6.45, 7) is 1.93. The van der Waals surface area contributed by atoms with E-state index in [0.717, 1.165) is 16.1 Å². The maximum Gasteiger partial charge on any atom is 0.242 e. The molecule has 2 aromatic rings. The Bertz CT molecular complexity index is 1090. The number of hydrogen-bond donors (Lipinski definition) is 1. The Balaban J connectivity index is 2.21. The molecule has 0 aromatic heterocycles. The van der Waals surface area contributed by atoms with Crippen molar-refractivity contribution in [2.45, 2.75) is 38.8 Å². The fraction of sp³-hybridized carbons (Fsp3) is 0.417. The van der Waals surface area contributed by atoms with E-state index in [1.165, 1.54) is 30.1 Å². The van der Waals surface area contributed by atoms with Crippen LogP contribution in [-0.4, -0.2) is 58.1 Å². The molecule has 10 heteroatoms. The fourth-order valence-electron chi connectivity index (χ4n) is 3.69. The van der Waals surface area contributed by atoms with Crippen molar-refractivity contribution in [3.05, 3.63) is 59.9 Å². The van der Waals surface area contributed by atoms with Crippen LogP contribution in [-0.2, 0) is 26.2 Å². The zero-order chi connectivity index (χ0) is 25.3. The average molecular weight is 494 g/mol. The monoisotopic (exact) mass is 493 g/mol. The standard InChI is InChI=1S/C24H32FN3O5S/c1-5-21(24(30)26-2)27(17-18-10-8-11-19(16-18)33-3)23(29)14-9-15-28(34(4,31)32)22-13-7-6-12-20(22)25/h6-8,10-13,16,21H,5,9,14-15,17H2,1-4H3,(H,26,30). The van der Waals surface area contributed by atoms with Crippen molar-refractivity contribution in [1.29, 1.82) is 0 Å². The molecule has 0 aliphatic rings. The lowest BCUT2D eigenvalue weighted by atomic mass is 10.1. The quantitative estimate of drug-likeness (QED) is 0.491. The van der Waals surface area contributed by atoms with Gasteiger partial charge in [-0.1, -0.05) is 31.2 Å². The minimum Gasteiger partial charge on any atom is -0.497 e. The Hall–Kier alpha value is -3.14. The molecule has 0 radical (unpaired) electrons. The lowest BCUT2D eigenvalue weighted by molar-refractivity contribution is -0.141. The summed E-state index contributed by atoms with van der Waals surface area (Å²) in [5.74, 6) is -0.626. The number of para-hydroxylation sites is 1. The van der Waals surface area contributed by atoms with E-state index < -0.39 is 21.9 Å². The Kier molecular flexibility index (Phi) is 9.85. The molecular formula is C24H32FN3O5S. The number of rotatable bonds is 12. The van der Waals surface area contributed by atoms with Gasteiger partial charge in [0.25, 0.3) is 0 Å². The van der Waals surface area contributed by atoms with E-state index in [2.05, 4.69) is 5.32 Å². The molecule has 2 rings (SSSR count). The molecule has 2 amide bonds. The second-order valence-electron chi connectivity index (χ2n) is 7.80. The average Bonchev–Trinajstić information content (AvgIpc) is 2.81. The number of nitrogens with zero attached hydrogens (tertiary/aromatic N) is 2. The molecule has 0 saturated heterocycles. The first-order chi connectivity index (χ1) is 16.1. The van der Waals surface area contributed by atoms with E-state index in [4.69, 9.17) is 4.74 Å². The zero-order valence-electron chi connectivity index (χ0n) is 20.0. The van der Waals surface area contributed by atoms with Crippen LogP contribution in [0.5, 0.6) is 5.75 Å². The third-order valence-electron chi connectivity index (χ3n) is 5.39. The van der Waals surface area contributed by atoms with Gasteiger partial charge < -0.3 is 15.0 Å². The third-order valence-corrected chi connectivity index (χ3v) is 6.57. The van der Waals surface area contributed by atoms with Crippen LogP contribution in [0.2, 0.25) is 0 Å². The molecule has 34 heavy (non-hydrogen) atoms. The number of nitrogens with one attached hydrogen (secondary N) is 1. The van der Waals surface area contributed by atoms with Gasteiger partial charge in [-0.05, 0) is 42.7 Å². The smallest absolute Gasteiger partial charge is 0.242 e. The number of benzene rings is 2. The first-order valence-electron chi connectivity index (χ1n) is 11.0. The van der Waals surface area contributed by atoms with Crippen LogP contribution >= 0.6 is 0 Å². The summed E-state index contributed by atoms with van der Waals surface area (Å²) in [7, 11) is -0.705. The van der Waals surface area contributed by atoms with E-state index >= 15 is 0 Å². The maximum absolute atomic E-state index is 14.2. The predicted octanol–water partition coefficient (Wildman–Crippen LogP) is 2.93.